The number of hydrogen-bond acceptors (Lipinski definition) is 4. The summed E-state index contributed by atoms with van der Waals surface area (Å²) in [4.78, 5) is 30.0. The van der Waals surface area contributed by atoms with Crippen molar-refractivity contribution in [2.24, 2.45) is 4.99 Å². The monoisotopic (exact) mass is 265 g/mol. The van der Waals surface area contributed by atoms with E-state index in [1.54, 1.807) is 0 Å². The molecule has 0 saturated carbocycles. The highest BCUT2D eigenvalue weighted by Gasteiger charge is 2.12. The van der Waals surface area contributed by atoms with E-state index in [4.69, 9.17) is 9.79 Å². The van der Waals surface area contributed by atoms with Crippen molar-refractivity contribution >= 4 is 13.9 Å². The summed E-state index contributed by atoms with van der Waals surface area (Å²) < 4.78 is 14.6. The van der Waals surface area contributed by atoms with E-state index < -0.39 is 7.82 Å². The number of phosphoric acid groups is 1. The number of carbonyl (C=O) groups excluding carboxylic acids is 1. The number of nitrogens with zero attached hydrogens (tertiary/aromatic N) is 1. The van der Waals surface area contributed by atoms with Crippen molar-refractivity contribution in [3.8, 4) is 0 Å². The van der Waals surface area contributed by atoms with Crippen LogP contribution in [-0.4, -0.2) is 29.0 Å². The molecule has 17 heavy (non-hydrogen) atoms. The highest BCUT2D eigenvalue weighted by Crippen LogP contribution is 2.35. The van der Waals surface area contributed by atoms with Crippen LogP contribution in [0.4, 0.5) is 0 Å². The normalized spacial score (nSPS) is 11.2. The number of hydrogen-bond donors (Lipinski definition) is 2. The Kier molecular flexibility index (Phi) is 10.3. The predicted molar refractivity (Wildman–Crippen MR) is 63.3 cm³/mol. The fraction of sp³-hybridized carbons (Fsp3) is 0.900. The lowest BCUT2D eigenvalue weighted by Crippen LogP contribution is -1.92. The van der Waals surface area contributed by atoms with Crippen LogP contribution in [0.2, 0.25) is 0 Å². The third-order valence-electron chi connectivity index (χ3n) is 2.24. The van der Waals surface area contributed by atoms with Gasteiger partial charge in [-0.25, -0.2) is 14.4 Å². The molecule has 0 heterocycles. The Morgan fingerprint density at radius 3 is 2.06 bits per heavy atom. The fourth-order valence-corrected chi connectivity index (χ4v) is 1.77. The van der Waals surface area contributed by atoms with E-state index in [9.17, 15) is 9.36 Å². The molecule has 0 aromatic carbocycles. The van der Waals surface area contributed by atoms with Crippen LogP contribution in [0.1, 0.15) is 44.9 Å². The molecule has 0 radical (unpaired) electrons. The van der Waals surface area contributed by atoms with Gasteiger partial charge >= 0.3 is 7.82 Å². The predicted octanol–water partition coefficient (Wildman–Crippen LogP) is 2.16. The van der Waals surface area contributed by atoms with Crippen LogP contribution in [0.5, 0.6) is 0 Å². The second-order valence-electron chi connectivity index (χ2n) is 3.77. The van der Waals surface area contributed by atoms with E-state index >= 15 is 0 Å². The molecule has 0 aromatic rings. The minimum Gasteiger partial charge on any atom is -0.303 e. The molecule has 0 rings (SSSR count). The van der Waals surface area contributed by atoms with Gasteiger partial charge in [0.25, 0.3) is 0 Å². The molecule has 7 heteroatoms. The molecule has 0 aromatic heterocycles. The lowest BCUT2D eigenvalue weighted by atomic mass is 10.1. The smallest absolute Gasteiger partial charge is 0.303 e. The highest BCUT2D eigenvalue weighted by atomic mass is 31.2. The van der Waals surface area contributed by atoms with Crippen molar-refractivity contribution < 1.29 is 23.7 Å². The SMILES string of the molecule is O=C=NCCCCCCCCCOP(=O)(O)O. The number of rotatable bonds is 11. The van der Waals surface area contributed by atoms with Gasteiger partial charge in [-0.05, 0) is 12.8 Å². The molecule has 0 fully saturated rings. The molecule has 0 bridgehead atoms. The Bertz CT molecular complexity index is 272. The summed E-state index contributed by atoms with van der Waals surface area (Å²) in [5.41, 5.74) is 0. The maximum absolute atomic E-state index is 10.3. The maximum atomic E-state index is 10.3. The summed E-state index contributed by atoms with van der Waals surface area (Å²) in [6.45, 7) is 0.665. The number of unbranched alkanes of at least 4 members (excludes halogenated alkanes) is 6. The summed E-state index contributed by atoms with van der Waals surface area (Å²) >= 11 is 0. The van der Waals surface area contributed by atoms with Gasteiger partial charge in [-0.2, -0.15) is 0 Å². The average Bonchev–Trinajstić information content (AvgIpc) is 2.24. The lowest BCUT2D eigenvalue weighted by molar-refractivity contribution is 0.193. The zero-order valence-corrected chi connectivity index (χ0v) is 10.8. The topological polar surface area (TPSA) is 96.2 Å². The Morgan fingerprint density at radius 1 is 1.00 bits per heavy atom. The molecule has 2 N–H and O–H groups in total. The number of aliphatic imine (C=N–C) groups is 1. The highest BCUT2D eigenvalue weighted by molar-refractivity contribution is 7.46. The van der Waals surface area contributed by atoms with Crippen LogP contribution >= 0.6 is 7.82 Å². The zero-order chi connectivity index (χ0) is 13.0. The first-order valence-electron chi connectivity index (χ1n) is 5.80. The molecule has 6 nitrogen and oxygen atoms in total. The van der Waals surface area contributed by atoms with Gasteiger partial charge in [-0.15, -0.1) is 0 Å². The molecular weight excluding hydrogens is 245 g/mol. The summed E-state index contributed by atoms with van der Waals surface area (Å²) in [5, 5.41) is 0. The van der Waals surface area contributed by atoms with Gasteiger partial charge in [0.1, 0.15) is 0 Å². The first kappa shape index (κ1) is 16.5. The number of isocyanates is 1. The van der Waals surface area contributed by atoms with Crippen molar-refractivity contribution in [1.29, 1.82) is 0 Å². The van der Waals surface area contributed by atoms with E-state index in [-0.39, 0.29) is 6.61 Å². The van der Waals surface area contributed by atoms with Crippen LogP contribution in [0.3, 0.4) is 0 Å². The molecule has 0 saturated heterocycles. The van der Waals surface area contributed by atoms with Crippen LogP contribution < -0.4 is 0 Å². The van der Waals surface area contributed by atoms with Gasteiger partial charge in [-0.1, -0.05) is 32.1 Å². The van der Waals surface area contributed by atoms with Gasteiger partial charge in [0.15, 0.2) is 0 Å². The first-order valence-corrected chi connectivity index (χ1v) is 7.33. The van der Waals surface area contributed by atoms with Crippen LogP contribution in [0, 0.1) is 0 Å². The van der Waals surface area contributed by atoms with E-state index in [1.807, 2.05) is 0 Å². The van der Waals surface area contributed by atoms with Gasteiger partial charge < -0.3 is 9.79 Å². The van der Waals surface area contributed by atoms with Gasteiger partial charge in [0, 0.05) is 0 Å². The summed E-state index contributed by atoms with van der Waals surface area (Å²) in [6.07, 6.45) is 8.24. The van der Waals surface area contributed by atoms with E-state index in [1.165, 1.54) is 6.08 Å². The molecule has 0 amide bonds. The van der Waals surface area contributed by atoms with Crippen molar-refractivity contribution in [2.45, 2.75) is 44.9 Å². The largest absolute Gasteiger partial charge is 0.469 e. The van der Waals surface area contributed by atoms with Gasteiger partial charge in [0.05, 0.1) is 13.2 Å². The zero-order valence-electron chi connectivity index (χ0n) is 9.88. The van der Waals surface area contributed by atoms with Gasteiger partial charge in [0.2, 0.25) is 6.08 Å². The molecule has 0 aliphatic carbocycles. The second-order valence-corrected chi connectivity index (χ2v) is 5.01. The Hall–Kier alpha value is -0.510. The molecule has 0 unspecified atom stereocenters. The average molecular weight is 265 g/mol. The Morgan fingerprint density at radius 2 is 1.53 bits per heavy atom. The van der Waals surface area contributed by atoms with Crippen molar-refractivity contribution in [3.05, 3.63) is 0 Å². The van der Waals surface area contributed by atoms with Crippen LogP contribution in [0.25, 0.3) is 0 Å². The van der Waals surface area contributed by atoms with Crippen molar-refractivity contribution in [3.63, 3.8) is 0 Å². The summed E-state index contributed by atoms with van der Waals surface area (Å²) in [6, 6.07) is 0. The minimum atomic E-state index is -4.28. The molecule has 0 aliphatic heterocycles. The second kappa shape index (κ2) is 10.6. The fourth-order valence-electron chi connectivity index (χ4n) is 1.41. The van der Waals surface area contributed by atoms with Crippen molar-refractivity contribution in [2.75, 3.05) is 13.2 Å². The summed E-state index contributed by atoms with van der Waals surface area (Å²) in [7, 11) is -4.28. The van der Waals surface area contributed by atoms with Crippen molar-refractivity contribution in [1.82, 2.24) is 0 Å². The van der Waals surface area contributed by atoms with Crippen LogP contribution in [-0.2, 0) is 13.9 Å². The molecular formula is C10H20NO5P. The molecule has 0 aliphatic rings. The molecule has 0 spiro atoms. The third-order valence-corrected chi connectivity index (χ3v) is 2.76. The van der Waals surface area contributed by atoms with E-state index in [2.05, 4.69) is 9.52 Å². The summed E-state index contributed by atoms with van der Waals surface area (Å²) in [5.74, 6) is 0. The quantitative estimate of drug-likeness (QED) is 0.258. The first-order chi connectivity index (χ1) is 8.06. The molecule has 100 valence electrons. The minimum absolute atomic E-state index is 0.109. The Labute approximate surface area is 101 Å². The van der Waals surface area contributed by atoms with E-state index in [0.29, 0.717) is 13.0 Å². The third kappa shape index (κ3) is 15.5. The van der Waals surface area contributed by atoms with Gasteiger partial charge in [-0.3, -0.25) is 4.52 Å². The molecule has 0 atom stereocenters. The standard InChI is InChI=1S/C10H20NO5P/c12-10-11-8-6-4-2-1-3-5-7-9-16-17(13,14)15/h1-9H2,(H2,13,14,15). The lowest BCUT2D eigenvalue weighted by Gasteiger charge is -2.04. The van der Waals surface area contributed by atoms with Crippen LogP contribution in [0.15, 0.2) is 4.99 Å². The Balaban J connectivity index is 3.09. The number of phosphoric ester groups is 1. The van der Waals surface area contributed by atoms with E-state index in [0.717, 1.165) is 38.5 Å². The maximum Gasteiger partial charge on any atom is 0.469 e.